The maximum atomic E-state index is 10.7. The van der Waals surface area contributed by atoms with Crippen LogP contribution in [-0.4, -0.2) is 16.6 Å². The number of ketones is 1. The van der Waals surface area contributed by atoms with Crippen molar-refractivity contribution >= 4 is 5.78 Å². The summed E-state index contributed by atoms with van der Waals surface area (Å²) < 4.78 is 0. The molecule has 1 aliphatic carbocycles. The monoisotopic (exact) mass is 129 g/mol. The lowest BCUT2D eigenvalue weighted by molar-refractivity contribution is -0.140. The zero-order valence-electron chi connectivity index (χ0n) is 5.26. The zero-order valence-corrected chi connectivity index (χ0v) is 5.26. The van der Waals surface area contributed by atoms with Crippen LogP contribution in [0.4, 0.5) is 0 Å². The minimum atomic E-state index is -1.50. The van der Waals surface area contributed by atoms with Gasteiger partial charge in [0.15, 0.2) is 11.5 Å². The average Bonchev–Trinajstić information content (AvgIpc) is 1.77. The zero-order chi connectivity index (χ0) is 6.91. The van der Waals surface area contributed by atoms with Crippen LogP contribution in [0.2, 0.25) is 0 Å². The summed E-state index contributed by atoms with van der Waals surface area (Å²) in [5.74, 6) is -0.214. The average molecular weight is 129 g/mol. The summed E-state index contributed by atoms with van der Waals surface area (Å²) in [5.41, 5.74) is 3.73. The molecule has 0 heterocycles. The molecule has 3 heteroatoms. The molecule has 52 valence electrons. The van der Waals surface area contributed by atoms with Gasteiger partial charge in [-0.15, -0.1) is 0 Å². The Morgan fingerprint density at radius 3 is 2.56 bits per heavy atom. The number of carbonyl (C=O) groups is 1. The molecule has 0 aromatic heterocycles. The van der Waals surface area contributed by atoms with E-state index in [0.717, 1.165) is 12.8 Å². The van der Waals surface area contributed by atoms with Crippen LogP contribution in [-0.2, 0) is 4.79 Å². The fraction of sp³-hybridized carbons (Fsp3) is 0.833. The molecular weight excluding hydrogens is 118 g/mol. The molecule has 0 spiro atoms. The highest BCUT2D eigenvalue weighted by Crippen LogP contribution is 2.19. The number of aliphatic hydroxyl groups is 1. The molecule has 3 nitrogen and oxygen atoms in total. The molecule has 0 amide bonds. The van der Waals surface area contributed by atoms with Gasteiger partial charge in [0, 0.05) is 6.42 Å². The summed E-state index contributed by atoms with van der Waals surface area (Å²) in [6.45, 7) is 0. The summed E-state index contributed by atoms with van der Waals surface area (Å²) in [6, 6.07) is 0. The van der Waals surface area contributed by atoms with Gasteiger partial charge in [-0.2, -0.15) is 0 Å². The van der Waals surface area contributed by atoms with Crippen LogP contribution in [0.25, 0.3) is 0 Å². The Hall–Kier alpha value is -0.410. The van der Waals surface area contributed by atoms with Gasteiger partial charge in [-0.1, -0.05) is 0 Å². The van der Waals surface area contributed by atoms with E-state index in [1.54, 1.807) is 0 Å². The number of rotatable bonds is 0. The minimum absolute atomic E-state index is 0.214. The second kappa shape index (κ2) is 2.08. The molecule has 3 N–H and O–H groups in total. The highest BCUT2D eigenvalue weighted by molar-refractivity contribution is 5.86. The highest BCUT2D eigenvalue weighted by Gasteiger charge is 2.32. The van der Waals surface area contributed by atoms with Crippen LogP contribution < -0.4 is 5.73 Å². The van der Waals surface area contributed by atoms with Crippen molar-refractivity contribution in [3.8, 4) is 0 Å². The lowest BCUT2D eigenvalue weighted by Gasteiger charge is -2.25. The molecule has 1 aliphatic rings. The van der Waals surface area contributed by atoms with Crippen molar-refractivity contribution in [2.45, 2.75) is 31.4 Å². The van der Waals surface area contributed by atoms with E-state index in [-0.39, 0.29) is 5.78 Å². The third-order valence-electron chi connectivity index (χ3n) is 1.69. The third kappa shape index (κ3) is 1.28. The van der Waals surface area contributed by atoms with Gasteiger partial charge in [-0.3, -0.25) is 10.5 Å². The molecule has 0 bridgehead atoms. The quantitative estimate of drug-likeness (QED) is 0.444. The second-order valence-corrected chi connectivity index (χ2v) is 2.55. The largest absolute Gasteiger partial charge is 0.369 e. The lowest BCUT2D eigenvalue weighted by Crippen LogP contribution is -2.49. The maximum absolute atomic E-state index is 10.7. The predicted molar refractivity (Wildman–Crippen MR) is 32.6 cm³/mol. The van der Waals surface area contributed by atoms with Crippen LogP contribution in [0.5, 0.6) is 0 Å². The Labute approximate surface area is 53.9 Å². The molecule has 0 aliphatic heterocycles. The molecule has 1 unspecified atom stereocenters. The van der Waals surface area contributed by atoms with Crippen molar-refractivity contribution in [3.63, 3.8) is 0 Å². The van der Waals surface area contributed by atoms with Crippen molar-refractivity contribution in [1.82, 2.24) is 0 Å². The second-order valence-electron chi connectivity index (χ2n) is 2.55. The van der Waals surface area contributed by atoms with Gasteiger partial charge in [0.05, 0.1) is 0 Å². The van der Waals surface area contributed by atoms with E-state index >= 15 is 0 Å². The van der Waals surface area contributed by atoms with Gasteiger partial charge in [0.1, 0.15) is 0 Å². The Kier molecular flexibility index (Phi) is 1.55. The first-order valence-corrected chi connectivity index (χ1v) is 3.17. The van der Waals surface area contributed by atoms with Gasteiger partial charge in [0.25, 0.3) is 0 Å². The van der Waals surface area contributed by atoms with Crippen LogP contribution >= 0.6 is 0 Å². The summed E-state index contributed by atoms with van der Waals surface area (Å²) in [4.78, 5) is 10.7. The van der Waals surface area contributed by atoms with E-state index in [9.17, 15) is 4.79 Å². The first kappa shape index (κ1) is 6.71. The van der Waals surface area contributed by atoms with Crippen LogP contribution in [0, 0.1) is 0 Å². The van der Waals surface area contributed by atoms with Gasteiger partial charge in [-0.05, 0) is 19.3 Å². The first-order chi connectivity index (χ1) is 4.13. The lowest BCUT2D eigenvalue weighted by atomic mass is 9.91. The predicted octanol–water partition coefficient (Wildman–Crippen LogP) is -0.223. The Morgan fingerprint density at radius 2 is 2.22 bits per heavy atom. The van der Waals surface area contributed by atoms with Crippen LogP contribution in [0.1, 0.15) is 25.7 Å². The van der Waals surface area contributed by atoms with Crippen molar-refractivity contribution < 1.29 is 9.90 Å². The van der Waals surface area contributed by atoms with Gasteiger partial charge >= 0.3 is 0 Å². The third-order valence-corrected chi connectivity index (χ3v) is 1.69. The van der Waals surface area contributed by atoms with Gasteiger partial charge in [0.2, 0.25) is 0 Å². The number of hydrogen-bond acceptors (Lipinski definition) is 3. The summed E-state index contributed by atoms with van der Waals surface area (Å²) in [5, 5.41) is 9.07. The molecule has 0 aromatic rings. The smallest absolute Gasteiger partial charge is 0.179 e. The number of hydrogen-bond donors (Lipinski definition) is 2. The van der Waals surface area contributed by atoms with Crippen molar-refractivity contribution in [3.05, 3.63) is 0 Å². The fourth-order valence-corrected chi connectivity index (χ4v) is 1.04. The van der Waals surface area contributed by atoms with Crippen LogP contribution in [0.3, 0.4) is 0 Å². The van der Waals surface area contributed by atoms with E-state index in [1.807, 2.05) is 0 Å². The standard InChI is InChI=1S/C6H11NO2/c7-6(9)4-2-1-3-5(6)8/h9H,1-4,7H2. The highest BCUT2D eigenvalue weighted by atomic mass is 16.3. The molecule has 0 saturated heterocycles. The Balaban J connectivity index is 2.60. The van der Waals surface area contributed by atoms with Gasteiger partial charge < -0.3 is 5.11 Å². The summed E-state index contributed by atoms with van der Waals surface area (Å²) in [7, 11) is 0. The van der Waals surface area contributed by atoms with E-state index < -0.39 is 5.72 Å². The summed E-state index contributed by atoms with van der Waals surface area (Å²) in [6.07, 6.45) is 2.59. The first-order valence-electron chi connectivity index (χ1n) is 3.17. The van der Waals surface area contributed by atoms with Crippen molar-refractivity contribution in [2.24, 2.45) is 5.73 Å². The van der Waals surface area contributed by atoms with Crippen LogP contribution in [0.15, 0.2) is 0 Å². The Bertz CT molecular complexity index is 131. The van der Waals surface area contributed by atoms with E-state index in [1.165, 1.54) is 0 Å². The molecule has 0 radical (unpaired) electrons. The van der Waals surface area contributed by atoms with Gasteiger partial charge in [-0.25, -0.2) is 0 Å². The SMILES string of the molecule is NC1(O)CCCCC1=O. The normalized spacial score (nSPS) is 36.9. The fourth-order valence-electron chi connectivity index (χ4n) is 1.04. The van der Waals surface area contributed by atoms with Crippen molar-refractivity contribution in [2.75, 3.05) is 0 Å². The number of Topliss-reactive ketones (excluding diaryl/α,β-unsaturated/α-hetero) is 1. The summed E-state index contributed by atoms with van der Waals surface area (Å²) >= 11 is 0. The molecule has 1 saturated carbocycles. The molecule has 0 aromatic carbocycles. The molecule has 1 atom stereocenters. The molecular formula is C6H11NO2. The van der Waals surface area contributed by atoms with E-state index in [2.05, 4.69) is 0 Å². The number of carbonyl (C=O) groups excluding carboxylic acids is 1. The van der Waals surface area contributed by atoms with E-state index in [4.69, 9.17) is 10.8 Å². The van der Waals surface area contributed by atoms with E-state index in [0.29, 0.717) is 12.8 Å². The van der Waals surface area contributed by atoms with Crippen molar-refractivity contribution in [1.29, 1.82) is 0 Å². The molecule has 1 fully saturated rings. The maximum Gasteiger partial charge on any atom is 0.179 e. The molecule has 1 rings (SSSR count). The minimum Gasteiger partial charge on any atom is -0.369 e. The Morgan fingerprint density at radius 1 is 1.56 bits per heavy atom. The topological polar surface area (TPSA) is 63.3 Å². The number of nitrogens with two attached hydrogens (primary N) is 1. The molecule has 9 heavy (non-hydrogen) atoms.